The molecule has 0 aliphatic heterocycles. The Balaban J connectivity index is 2.31. The number of anilines is 1. The molecule has 0 atom stereocenters. The van der Waals surface area contributed by atoms with Crippen molar-refractivity contribution in [3.05, 3.63) is 42.4 Å². The summed E-state index contributed by atoms with van der Waals surface area (Å²) in [6.07, 6.45) is 3.62. The van der Waals surface area contributed by atoms with Crippen molar-refractivity contribution in [3.63, 3.8) is 0 Å². The Morgan fingerprint density at radius 1 is 1.21 bits per heavy atom. The molecule has 0 saturated heterocycles. The lowest BCUT2D eigenvalue weighted by molar-refractivity contribution is 0.719. The molecule has 19 heavy (non-hydrogen) atoms. The highest BCUT2D eigenvalue weighted by Crippen LogP contribution is 2.26. The Morgan fingerprint density at radius 3 is 2.84 bits per heavy atom. The fraction of sp³-hybridized carbons (Fsp3) is 0.214. The van der Waals surface area contributed by atoms with E-state index < -0.39 is 0 Å². The molecular formula is C14H15N5. The first-order valence-corrected chi connectivity index (χ1v) is 6.22. The van der Waals surface area contributed by atoms with Crippen molar-refractivity contribution in [1.29, 1.82) is 0 Å². The largest absolute Gasteiger partial charge is 0.381 e. The lowest BCUT2D eigenvalue weighted by Gasteiger charge is -2.11. The predicted molar refractivity (Wildman–Crippen MR) is 75.2 cm³/mol. The minimum atomic E-state index is 0.252. The van der Waals surface area contributed by atoms with Crippen LogP contribution in [-0.2, 0) is 0 Å². The van der Waals surface area contributed by atoms with Gasteiger partial charge in [0.2, 0.25) is 0 Å². The van der Waals surface area contributed by atoms with E-state index in [1.54, 1.807) is 6.20 Å². The van der Waals surface area contributed by atoms with E-state index in [9.17, 15) is 0 Å². The summed E-state index contributed by atoms with van der Waals surface area (Å²) in [6.45, 7) is 4.16. The van der Waals surface area contributed by atoms with Gasteiger partial charge in [0.1, 0.15) is 0 Å². The molecule has 0 saturated carbocycles. The first-order chi connectivity index (χ1) is 9.18. The maximum Gasteiger partial charge on any atom is 0.169 e. The number of nitrogen functional groups attached to an aromatic ring is 1. The average Bonchev–Trinajstić information content (AvgIpc) is 2.80. The van der Waals surface area contributed by atoms with Crippen LogP contribution in [0.15, 0.2) is 36.7 Å². The number of benzene rings is 1. The van der Waals surface area contributed by atoms with Crippen molar-refractivity contribution in [2.24, 2.45) is 0 Å². The average molecular weight is 253 g/mol. The van der Waals surface area contributed by atoms with Crippen LogP contribution in [0.3, 0.4) is 0 Å². The van der Waals surface area contributed by atoms with Crippen molar-refractivity contribution < 1.29 is 0 Å². The fourth-order valence-corrected chi connectivity index (χ4v) is 2.30. The smallest absolute Gasteiger partial charge is 0.169 e. The number of pyridine rings is 1. The first kappa shape index (κ1) is 11.6. The van der Waals surface area contributed by atoms with Gasteiger partial charge in [-0.05, 0) is 23.4 Å². The van der Waals surface area contributed by atoms with Gasteiger partial charge in [-0.2, -0.15) is 0 Å². The van der Waals surface area contributed by atoms with Gasteiger partial charge in [0, 0.05) is 17.8 Å². The Kier molecular flexibility index (Phi) is 2.67. The number of nitrogens with two attached hydrogens (primary N) is 1. The van der Waals surface area contributed by atoms with Gasteiger partial charge < -0.3 is 5.73 Å². The van der Waals surface area contributed by atoms with E-state index in [2.05, 4.69) is 35.2 Å². The number of nitrogens with zero attached hydrogens (tertiary/aromatic N) is 4. The molecule has 3 rings (SSSR count). The fourth-order valence-electron chi connectivity index (χ4n) is 2.30. The van der Waals surface area contributed by atoms with E-state index in [1.165, 1.54) is 0 Å². The summed E-state index contributed by atoms with van der Waals surface area (Å²) in [5, 5.41) is 10.3. The highest BCUT2D eigenvalue weighted by atomic mass is 15.4. The van der Waals surface area contributed by atoms with E-state index in [0.717, 1.165) is 22.2 Å². The summed E-state index contributed by atoms with van der Waals surface area (Å²) in [5.41, 5.74) is 7.80. The maximum absolute atomic E-state index is 5.91. The van der Waals surface area contributed by atoms with Gasteiger partial charge in [0.25, 0.3) is 0 Å². The SMILES string of the molecule is CC(C)c1c(N)nnn1-c1cccc2ccncc12. The van der Waals surface area contributed by atoms with E-state index >= 15 is 0 Å². The lowest BCUT2D eigenvalue weighted by atomic mass is 10.1. The molecule has 0 aliphatic carbocycles. The van der Waals surface area contributed by atoms with Crippen molar-refractivity contribution in [2.45, 2.75) is 19.8 Å². The molecule has 0 bridgehead atoms. The zero-order valence-corrected chi connectivity index (χ0v) is 10.9. The number of aromatic nitrogens is 4. The van der Waals surface area contributed by atoms with Gasteiger partial charge in [0.15, 0.2) is 5.82 Å². The highest BCUT2D eigenvalue weighted by molar-refractivity contribution is 5.89. The third kappa shape index (κ3) is 1.83. The molecule has 5 nitrogen and oxygen atoms in total. The second-order valence-electron chi connectivity index (χ2n) is 4.80. The third-order valence-electron chi connectivity index (χ3n) is 3.17. The summed E-state index contributed by atoms with van der Waals surface area (Å²) in [7, 11) is 0. The van der Waals surface area contributed by atoms with Gasteiger partial charge in [-0.1, -0.05) is 31.2 Å². The molecule has 5 heteroatoms. The molecule has 96 valence electrons. The Hall–Kier alpha value is -2.43. The van der Waals surface area contributed by atoms with Crippen LogP contribution in [0.2, 0.25) is 0 Å². The standard InChI is InChI=1S/C14H15N5/c1-9(2)13-14(15)17-18-19(13)12-5-3-4-10-6-7-16-8-11(10)12/h3-9H,15H2,1-2H3. The molecule has 3 aromatic rings. The first-order valence-electron chi connectivity index (χ1n) is 6.22. The minimum Gasteiger partial charge on any atom is -0.381 e. The third-order valence-corrected chi connectivity index (χ3v) is 3.17. The number of hydrogen-bond acceptors (Lipinski definition) is 4. The number of fused-ring (bicyclic) bond motifs is 1. The molecule has 2 N–H and O–H groups in total. The van der Waals surface area contributed by atoms with E-state index in [-0.39, 0.29) is 5.92 Å². The van der Waals surface area contributed by atoms with Crippen LogP contribution in [0.5, 0.6) is 0 Å². The molecule has 0 aliphatic rings. The zero-order valence-electron chi connectivity index (χ0n) is 10.9. The van der Waals surface area contributed by atoms with Crippen LogP contribution >= 0.6 is 0 Å². The zero-order chi connectivity index (χ0) is 13.4. The molecule has 2 aromatic heterocycles. The summed E-state index contributed by atoms with van der Waals surface area (Å²) in [6, 6.07) is 8.04. The number of rotatable bonds is 2. The van der Waals surface area contributed by atoms with E-state index in [0.29, 0.717) is 5.82 Å². The number of hydrogen-bond donors (Lipinski definition) is 1. The lowest BCUT2D eigenvalue weighted by Crippen LogP contribution is -2.06. The molecule has 0 radical (unpaired) electrons. The topological polar surface area (TPSA) is 69.6 Å². The van der Waals surface area contributed by atoms with Crippen molar-refractivity contribution in [1.82, 2.24) is 20.0 Å². The minimum absolute atomic E-state index is 0.252. The Labute approximate surface area is 111 Å². The van der Waals surface area contributed by atoms with Crippen LogP contribution in [0.1, 0.15) is 25.5 Å². The second-order valence-corrected chi connectivity index (χ2v) is 4.80. The molecular weight excluding hydrogens is 238 g/mol. The van der Waals surface area contributed by atoms with E-state index in [1.807, 2.05) is 29.1 Å². The van der Waals surface area contributed by atoms with Crippen LogP contribution in [0.25, 0.3) is 16.5 Å². The summed E-state index contributed by atoms with van der Waals surface area (Å²) >= 11 is 0. The highest BCUT2D eigenvalue weighted by Gasteiger charge is 2.16. The van der Waals surface area contributed by atoms with Gasteiger partial charge in [-0.25, -0.2) is 4.68 Å². The Morgan fingerprint density at radius 2 is 2.05 bits per heavy atom. The second kappa shape index (κ2) is 4.35. The van der Waals surface area contributed by atoms with Crippen LogP contribution in [0.4, 0.5) is 5.82 Å². The van der Waals surface area contributed by atoms with Crippen LogP contribution < -0.4 is 5.73 Å². The van der Waals surface area contributed by atoms with Crippen LogP contribution in [0, 0.1) is 0 Å². The molecule has 2 heterocycles. The van der Waals surface area contributed by atoms with Crippen molar-refractivity contribution in [2.75, 3.05) is 5.73 Å². The molecule has 0 spiro atoms. The maximum atomic E-state index is 5.91. The quantitative estimate of drug-likeness (QED) is 0.761. The van der Waals surface area contributed by atoms with Gasteiger partial charge >= 0.3 is 0 Å². The van der Waals surface area contributed by atoms with Crippen LogP contribution in [-0.4, -0.2) is 20.0 Å². The van der Waals surface area contributed by atoms with Gasteiger partial charge in [0.05, 0.1) is 11.4 Å². The molecule has 1 aromatic carbocycles. The monoisotopic (exact) mass is 253 g/mol. The summed E-state index contributed by atoms with van der Waals surface area (Å²) in [4.78, 5) is 4.19. The summed E-state index contributed by atoms with van der Waals surface area (Å²) < 4.78 is 1.81. The summed E-state index contributed by atoms with van der Waals surface area (Å²) in [5.74, 6) is 0.734. The molecule has 0 amide bonds. The predicted octanol–water partition coefficient (Wildman–Crippen LogP) is 2.52. The molecule has 0 fully saturated rings. The van der Waals surface area contributed by atoms with Gasteiger partial charge in [-0.3, -0.25) is 4.98 Å². The van der Waals surface area contributed by atoms with Gasteiger partial charge in [-0.15, -0.1) is 5.10 Å². The van der Waals surface area contributed by atoms with Crippen molar-refractivity contribution in [3.8, 4) is 5.69 Å². The molecule has 0 unspecified atom stereocenters. The Bertz CT molecular complexity index is 724. The van der Waals surface area contributed by atoms with E-state index in [4.69, 9.17) is 5.73 Å². The normalized spacial score (nSPS) is 11.3. The van der Waals surface area contributed by atoms with Crippen molar-refractivity contribution >= 4 is 16.6 Å².